The summed E-state index contributed by atoms with van der Waals surface area (Å²) in [6.07, 6.45) is 0. The van der Waals surface area contributed by atoms with Crippen molar-refractivity contribution in [1.29, 1.82) is 0 Å². The fourth-order valence-corrected chi connectivity index (χ4v) is 1.10. The molecular formula is C10H12FNO4. The molecule has 0 bridgehead atoms. The molecular weight excluding hydrogens is 217 g/mol. The fraction of sp³-hybridized carbons (Fsp3) is 0.300. The van der Waals surface area contributed by atoms with Gasteiger partial charge in [0.15, 0.2) is 0 Å². The Morgan fingerprint density at radius 3 is 2.56 bits per heavy atom. The van der Waals surface area contributed by atoms with Gasteiger partial charge in [-0.05, 0) is 18.2 Å². The van der Waals surface area contributed by atoms with Crippen LogP contribution >= 0.6 is 0 Å². The Balaban J connectivity index is 2.83. The van der Waals surface area contributed by atoms with Gasteiger partial charge in [-0.15, -0.1) is 0 Å². The van der Waals surface area contributed by atoms with Crippen molar-refractivity contribution >= 4 is 5.91 Å². The van der Waals surface area contributed by atoms with Crippen molar-refractivity contribution in [1.82, 2.24) is 5.32 Å². The lowest BCUT2D eigenvalue weighted by Crippen LogP contribution is -2.40. The van der Waals surface area contributed by atoms with Crippen molar-refractivity contribution in [3.63, 3.8) is 0 Å². The Morgan fingerprint density at radius 2 is 2.00 bits per heavy atom. The molecule has 1 rings (SSSR count). The Morgan fingerprint density at radius 1 is 1.38 bits per heavy atom. The highest BCUT2D eigenvalue weighted by molar-refractivity contribution is 5.96. The third-order valence-corrected chi connectivity index (χ3v) is 1.98. The third kappa shape index (κ3) is 2.91. The number of aromatic hydroxyl groups is 1. The summed E-state index contributed by atoms with van der Waals surface area (Å²) in [5.74, 6) is -1.79. The van der Waals surface area contributed by atoms with Crippen molar-refractivity contribution < 1.29 is 24.5 Å². The maximum absolute atomic E-state index is 12.8. The highest BCUT2D eigenvalue weighted by Gasteiger charge is 2.15. The zero-order valence-electron chi connectivity index (χ0n) is 8.35. The molecule has 0 aliphatic carbocycles. The second-order valence-electron chi connectivity index (χ2n) is 3.20. The van der Waals surface area contributed by atoms with E-state index in [1.165, 1.54) is 0 Å². The molecule has 0 aliphatic heterocycles. The van der Waals surface area contributed by atoms with E-state index in [1.807, 2.05) is 0 Å². The quantitative estimate of drug-likeness (QED) is 0.566. The van der Waals surface area contributed by atoms with Gasteiger partial charge < -0.3 is 20.6 Å². The number of carbonyl (C=O) groups is 1. The standard InChI is InChI=1S/C10H12FNO4/c11-6-1-2-9(15)8(3-6)10(16)12-7(4-13)5-14/h1-3,7,13-15H,4-5H2,(H,12,16). The summed E-state index contributed by atoms with van der Waals surface area (Å²) in [5.41, 5.74) is -0.244. The molecule has 0 heterocycles. The van der Waals surface area contributed by atoms with Gasteiger partial charge in [0, 0.05) is 0 Å². The zero-order valence-corrected chi connectivity index (χ0v) is 8.35. The summed E-state index contributed by atoms with van der Waals surface area (Å²) in [7, 11) is 0. The molecule has 1 aromatic carbocycles. The number of aliphatic hydroxyl groups excluding tert-OH is 2. The lowest BCUT2D eigenvalue weighted by atomic mass is 10.1. The van der Waals surface area contributed by atoms with Gasteiger partial charge in [-0.25, -0.2) is 4.39 Å². The number of halogens is 1. The second-order valence-corrected chi connectivity index (χ2v) is 3.20. The Kier molecular flexibility index (Phi) is 4.21. The van der Waals surface area contributed by atoms with E-state index in [4.69, 9.17) is 10.2 Å². The maximum Gasteiger partial charge on any atom is 0.255 e. The number of phenolic OH excluding ortho intramolecular Hbond substituents is 1. The largest absolute Gasteiger partial charge is 0.507 e. The minimum Gasteiger partial charge on any atom is -0.507 e. The van der Waals surface area contributed by atoms with Crippen LogP contribution in [0, 0.1) is 5.82 Å². The molecule has 0 spiro atoms. The molecule has 4 N–H and O–H groups in total. The summed E-state index contributed by atoms with van der Waals surface area (Å²) in [6, 6.07) is 2.10. The third-order valence-electron chi connectivity index (χ3n) is 1.98. The second kappa shape index (κ2) is 5.43. The molecule has 0 unspecified atom stereocenters. The van der Waals surface area contributed by atoms with E-state index in [9.17, 15) is 14.3 Å². The number of aliphatic hydroxyl groups is 2. The first kappa shape index (κ1) is 12.4. The van der Waals surface area contributed by atoms with Crippen molar-refractivity contribution in [2.75, 3.05) is 13.2 Å². The summed E-state index contributed by atoms with van der Waals surface area (Å²) < 4.78 is 12.8. The van der Waals surface area contributed by atoms with E-state index < -0.39 is 31.0 Å². The number of amides is 1. The number of hydrogen-bond acceptors (Lipinski definition) is 4. The van der Waals surface area contributed by atoms with Crippen LogP contribution in [0.1, 0.15) is 10.4 Å². The minimum atomic E-state index is -0.838. The maximum atomic E-state index is 12.8. The van der Waals surface area contributed by atoms with Gasteiger partial charge in [-0.1, -0.05) is 0 Å². The highest BCUT2D eigenvalue weighted by Crippen LogP contribution is 2.17. The van der Waals surface area contributed by atoms with E-state index in [2.05, 4.69) is 5.32 Å². The van der Waals surface area contributed by atoms with E-state index in [-0.39, 0.29) is 11.3 Å². The van der Waals surface area contributed by atoms with Crippen LogP contribution in [0.5, 0.6) is 5.75 Å². The minimum absolute atomic E-state index is 0.244. The predicted octanol–water partition coefficient (Wildman–Crippen LogP) is -0.386. The van der Waals surface area contributed by atoms with Crippen LogP contribution in [0.25, 0.3) is 0 Å². The van der Waals surface area contributed by atoms with E-state index in [0.717, 1.165) is 18.2 Å². The first-order chi connectivity index (χ1) is 7.58. The molecule has 0 saturated carbocycles. The summed E-state index contributed by atoms with van der Waals surface area (Å²) >= 11 is 0. The summed E-state index contributed by atoms with van der Waals surface area (Å²) in [6.45, 7) is -0.892. The lowest BCUT2D eigenvalue weighted by Gasteiger charge is -2.13. The molecule has 1 aromatic rings. The lowest BCUT2D eigenvalue weighted by molar-refractivity contribution is 0.0876. The fourth-order valence-electron chi connectivity index (χ4n) is 1.10. The van der Waals surface area contributed by atoms with Crippen LogP contribution in [-0.2, 0) is 0 Å². The number of rotatable bonds is 4. The molecule has 88 valence electrons. The summed E-state index contributed by atoms with van der Waals surface area (Å²) in [5, 5.41) is 29.0. The van der Waals surface area contributed by atoms with Crippen LogP contribution < -0.4 is 5.32 Å². The molecule has 6 heteroatoms. The predicted molar refractivity (Wildman–Crippen MR) is 53.5 cm³/mol. The highest BCUT2D eigenvalue weighted by atomic mass is 19.1. The molecule has 0 saturated heterocycles. The molecule has 16 heavy (non-hydrogen) atoms. The molecule has 5 nitrogen and oxygen atoms in total. The molecule has 1 amide bonds. The van der Waals surface area contributed by atoms with Gasteiger partial charge in [0.25, 0.3) is 5.91 Å². The van der Waals surface area contributed by atoms with E-state index in [0.29, 0.717) is 0 Å². The normalized spacial score (nSPS) is 10.5. The Labute approximate surface area is 91.2 Å². The monoisotopic (exact) mass is 229 g/mol. The van der Waals surface area contributed by atoms with Gasteiger partial charge in [0.05, 0.1) is 24.8 Å². The van der Waals surface area contributed by atoms with Gasteiger partial charge >= 0.3 is 0 Å². The molecule has 0 atom stereocenters. The first-order valence-electron chi connectivity index (χ1n) is 4.59. The van der Waals surface area contributed by atoms with E-state index >= 15 is 0 Å². The van der Waals surface area contributed by atoms with Crippen molar-refractivity contribution in [3.05, 3.63) is 29.6 Å². The SMILES string of the molecule is O=C(NC(CO)CO)c1cc(F)ccc1O. The van der Waals surface area contributed by atoms with Crippen LogP contribution in [0.2, 0.25) is 0 Å². The van der Waals surface area contributed by atoms with E-state index in [1.54, 1.807) is 0 Å². The van der Waals surface area contributed by atoms with Crippen molar-refractivity contribution in [2.24, 2.45) is 0 Å². The van der Waals surface area contributed by atoms with Crippen LogP contribution in [-0.4, -0.2) is 40.5 Å². The Bertz CT molecular complexity index is 379. The average molecular weight is 229 g/mol. The van der Waals surface area contributed by atoms with Crippen molar-refractivity contribution in [3.8, 4) is 5.75 Å². The van der Waals surface area contributed by atoms with Crippen LogP contribution in [0.3, 0.4) is 0 Å². The molecule has 0 aliphatic rings. The molecule has 0 aromatic heterocycles. The molecule has 0 fully saturated rings. The first-order valence-corrected chi connectivity index (χ1v) is 4.59. The number of hydrogen-bond donors (Lipinski definition) is 4. The smallest absolute Gasteiger partial charge is 0.255 e. The number of nitrogens with one attached hydrogen (secondary N) is 1. The van der Waals surface area contributed by atoms with Crippen LogP contribution in [0.15, 0.2) is 18.2 Å². The van der Waals surface area contributed by atoms with Gasteiger partial charge in [-0.3, -0.25) is 4.79 Å². The van der Waals surface area contributed by atoms with Crippen molar-refractivity contribution in [2.45, 2.75) is 6.04 Å². The number of phenols is 1. The Hall–Kier alpha value is -1.66. The zero-order chi connectivity index (χ0) is 12.1. The topological polar surface area (TPSA) is 89.8 Å². The average Bonchev–Trinajstić information content (AvgIpc) is 2.28. The van der Waals surface area contributed by atoms with Gasteiger partial charge in [0.2, 0.25) is 0 Å². The number of benzene rings is 1. The number of carbonyl (C=O) groups excluding carboxylic acids is 1. The van der Waals surface area contributed by atoms with Gasteiger partial charge in [-0.2, -0.15) is 0 Å². The van der Waals surface area contributed by atoms with Gasteiger partial charge in [0.1, 0.15) is 11.6 Å². The molecule has 0 radical (unpaired) electrons. The van der Waals surface area contributed by atoms with Crippen LogP contribution in [0.4, 0.5) is 4.39 Å². The summed E-state index contributed by atoms with van der Waals surface area (Å²) in [4.78, 5) is 11.5.